The van der Waals surface area contributed by atoms with E-state index < -0.39 is 8.07 Å². The van der Waals surface area contributed by atoms with E-state index in [-0.39, 0.29) is 15.5 Å². The van der Waals surface area contributed by atoms with E-state index in [4.69, 9.17) is 4.74 Å². The van der Waals surface area contributed by atoms with E-state index in [0.29, 0.717) is 0 Å². The first-order chi connectivity index (χ1) is 7.85. The van der Waals surface area contributed by atoms with Gasteiger partial charge in [0.15, 0.2) is 0 Å². The minimum Gasteiger partial charge on any atom is -0.373 e. The van der Waals surface area contributed by atoms with E-state index in [9.17, 15) is 0 Å². The van der Waals surface area contributed by atoms with Crippen LogP contribution in [0.5, 0.6) is 0 Å². The monoisotopic (exact) mass is 276 g/mol. The molecule has 0 spiro atoms. The summed E-state index contributed by atoms with van der Waals surface area (Å²) in [4.78, 5) is 0. The molecule has 0 radical (unpaired) electrons. The predicted octanol–water partition coefficient (Wildman–Crippen LogP) is 5.31. The van der Waals surface area contributed by atoms with E-state index in [1.165, 1.54) is 43.8 Å². The summed E-state index contributed by atoms with van der Waals surface area (Å²) in [6, 6.07) is 4.28. The Bertz CT molecular complexity index is 245. The fourth-order valence-electron chi connectivity index (χ4n) is 3.98. The molecular weight excluding hydrogens is 243 g/mol. The molecule has 0 amide bonds. The molecular formula is C15H33FOSi. The van der Waals surface area contributed by atoms with Gasteiger partial charge in [0, 0.05) is 0 Å². The number of hydrogen-bond donors (Lipinski definition) is 0. The van der Waals surface area contributed by atoms with Crippen molar-refractivity contribution in [3.05, 3.63) is 0 Å². The normalized spacial score (nSPS) is 27.7. The van der Waals surface area contributed by atoms with Crippen LogP contribution in [0.2, 0.25) is 18.1 Å². The molecule has 0 aromatic carbocycles. The Morgan fingerprint density at radius 2 is 1.61 bits per heavy atom. The molecule has 110 valence electrons. The summed E-state index contributed by atoms with van der Waals surface area (Å²) < 4.78 is 6.67. The van der Waals surface area contributed by atoms with Gasteiger partial charge in [-0.25, -0.2) is 0 Å². The van der Waals surface area contributed by atoms with E-state index in [1.54, 1.807) is 0 Å². The molecule has 18 heavy (non-hydrogen) atoms. The summed E-state index contributed by atoms with van der Waals surface area (Å²) in [7, 11) is -1.24. The summed E-state index contributed by atoms with van der Waals surface area (Å²) in [6.07, 6.45) is 5.36. The van der Waals surface area contributed by atoms with Gasteiger partial charge in [-0.05, 0) is 33.6 Å². The number of halogens is 1. The lowest BCUT2D eigenvalue weighted by atomic mass is 10.1. The molecule has 0 N–H and O–H groups in total. The third-order valence-corrected chi connectivity index (χ3v) is 11.5. The Kier molecular flexibility index (Phi) is 6.55. The van der Waals surface area contributed by atoms with Crippen LogP contribution in [0, 0.1) is 0 Å². The van der Waals surface area contributed by atoms with Gasteiger partial charge in [0.2, 0.25) is 0 Å². The first kappa shape index (κ1) is 18.1. The van der Waals surface area contributed by atoms with Crippen molar-refractivity contribution in [3.8, 4) is 0 Å². The molecule has 1 heterocycles. The SMILES string of the molecule is CCC1(OC(C)(C)C)CCCC[Si]1(CC)CC.F. The van der Waals surface area contributed by atoms with Gasteiger partial charge in [0.1, 0.15) is 0 Å². The molecule has 0 bridgehead atoms. The second-order valence-corrected chi connectivity index (χ2v) is 12.1. The van der Waals surface area contributed by atoms with Crippen LogP contribution < -0.4 is 0 Å². The van der Waals surface area contributed by atoms with E-state index >= 15 is 0 Å². The van der Waals surface area contributed by atoms with Crippen LogP contribution in [0.3, 0.4) is 0 Å². The van der Waals surface area contributed by atoms with Gasteiger partial charge in [-0.1, -0.05) is 51.7 Å². The highest BCUT2D eigenvalue weighted by atomic mass is 28.3. The van der Waals surface area contributed by atoms with Crippen molar-refractivity contribution in [2.75, 3.05) is 0 Å². The maximum absolute atomic E-state index is 6.67. The van der Waals surface area contributed by atoms with Gasteiger partial charge in [-0.2, -0.15) is 0 Å². The minimum atomic E-state index is -1.24. The van der Waals surface area contributed by atoms with Crippen molar-refractivity contribution in [1.82, 2.24) is 0 Å². The van der Waals surface area contributed by atoms with Gasteiger partial charge < -0.3 is 4.74 Å². The highest BCUT2D eigenvalue weighted by molar-refractivity contribution is 6.82. The van der Waals surface area contributed by atoms with E-state index in [0.717, 1.165) is 0 Å². The van der Waals surface area contributed by atoms with Crippen molar-refractivity contribution in [2.24, 2.45) is 0 Å². The van der Waals surface area contributed by atoms with Crippen LogP contribution >= 0.6 is 0 Å². The standard InChI is InChI=1S/C15H32OSi.FH/c1-7-15(16-14(4,5)6)12-10-11-13-17(15,8-2)9-3;/h7-13H2,1-6H3;1H. The zero-order valence-corrected chi connectivity index (χ0v) is 14.3. The average Bonchev–Trinajstić information content (AvgIpc) is 2.28. The number of rotatable bonds is 4. The van der Waals surface area contributed by atoms with Crippen LogP contribution in [0.4, 0.5) is 4.70 Å². The van der Waals surface area contributed by atoms with E-state index in [1.807, 2.05) is 0 Å². The van der Waals surface area contributed by atoms with Gasteiger partial charge in [0.25, 0.3) is 0 Å². The summed E-state index contributed by atoms with van der Waals surface area (Å²) in [5.74, 6) is 0. The number of hydrogen-bond acceptors (Lipinski definition) is 1. The molecule has 1 aliphatic heterocycles. The van der Waals surface area contributed by atoms with Crippen molar-refractivity contribution in [3.63, 3.8) is 0 Å². The number of ether oxygens (including phenoxy) is 1. The third-order valence-electron chi connectivity index (χ3n) is 4.88. The first-order valence-electron chi connectivity index (χ1n) is 7.55. The molecule has 3 heteroatoms. The van der Waals surface area contributed by atoms with Crippen LogP contribution in [0.25, 0.3) is 0 Å². The predicted molar refractivity (Wildman–Crippen MR) is 81.7 cm³/mol. The van der Waals surface area contributed by atoms with Crippen molar-refractivity contribution in [2.45, 2.75) is 96.2 Å². The fraction of sp³-hybridized carbons (Fsp3) is 1.00. The highest BCUT2D eigenvalue weighted by Gasteiger charge is 2.53. The summed E-state index contributed by atoms with van der Waals surface area (Å²) in [6.45, 7) is 13.9. The third kappa shape index (κ3) is 3.35. The zero-order chi connectivity index (χ0) is 13.2. The van der Waals surface area contributed by atoms with Crippen LogP contribution in [-0.2, 0) is 4.74 Å². The molecule has 0 aromatic rings. The molecule has 1 aliphatic rings. The zero-order valence-electron chi connectivity index (χ0n) is 13.3. The van der Waals surface area contributed by atoms with Crippen LogP contribution in [0.15, 0.2) is 0 Å². The quantitative estimate of drug-likeness (QED) is 0.632. The molecule has 1 nitrogen and oxygen atoms in total. The van der Waals surface area contributed by atoms with Crippen molar-refractivity contribution >= 4 is 8.07 Å². The van der Waals surface area contributed by atoms with Gasteiger partial charge in [0.05, 0.1) is 18.9 Å². The Hall–Kier alpha value is 0.107. The minimum absolute atomic E-state index is 0. The lowest BCUT2D eigenvalue weighted by Crippen LogP contribution is -2.62. The lowest BCUT2D eigenvalue weighted by Gasteiger charge is -2.54. The molecule has 1 saturated heterocycles. The molecule has 0 saturated carbocycles. The van der Waals surface area contributed by atoms with Crippen molar-refractivity contribution < 1.29 is 9.44 Å². The van der Waals surface area contributed by atoms with Gasteiger partial charge >= 0.3 is 0 Å². The molecule has 1 atom stereocenters. The molecule has 1 fully saturated rings. The maximum atomic E-state index is 6.67. The smallest absolute Gasteiger partial charge is 0.0910 e. The Morgan fingerprint density at radius 3 is 2.00 bits per heavy atom. The Balaban J connectivity index is 0.00000289. The second kappa shape index (κ2) is 6.51. The molecule has 1 unspecified atom stereocenters. The maximum Gasteiger partial charge on any atom is 0.0910 e. The average molecular weight is 277 g/mol. The Morgan fingerprint density at radius 1 is 1.06 bits per heavy atom. The van der Waals surface area contributed by atoms with Crippen molar-refractivity contribution in [1.29, 1.82) is 0 Å². The largest absolute Gasteiger partial charge is 0.373 e. The first-order valence-corrected chi connectivity index (χ1v) is 10.2. The molecule has 0 aliphatic carbocycles. The lowest BCUT2D eigenvalue weighted by molar-refractivity contribution is -0.101. The van der Waals surface area contributed by atoms with Crippen LogP contribution in [0.1, 0.15) is 67.2 Å². The summed E-state index contributed by atoms with van der Waals surface area (Å²) in [5, 5.41) is 0.257. The van der Waals surface area contributed by atoms with Gasteiger partial charge in [-0.3, -0.25) is 4.70 Å². The summed E-state index contributed by atoms with van der Waals surface area (Å²) in [5.41, 5.74) is 0.00986. The highest BCUT2D eigenvalue weighted by Crippen LogP contribution is 2.47. The Labute approximate surface area is 114 Å². The summed E-state index contributed by atoms with van der Waals surface area (Å²) >= 11 is 0. The van der Waals surface area contributed by atoms with Gasteiger partial charge in [-0.15, -0.1) is 0 Å². The van der Waals surface area contributed by atoms with E-state index in [2.05, 4.69) is 41.5 Å². The molecule has 1 rings (SSSR count). The topological polar surface area (TPSA) is 9.23 Å². The second-order valence-electron chi connectivity index (χ2n) is 6.76. The fourth-order valence-corrected chi connectivity index (χ4v) is 9.84. The van der Waals surface area contributed by atoms with Crippen LogP contribution in [-0.4, -0.2) is 18.9 Å². The molecule has 0 aromatic heterocycles.